The van der Waals surface area contributed by atoms with Crippen molar-refractivity contribution in [2.45, 2.75) is 44.2 Å². The lowest BCUT2D eigenvalue weighted by atomic mass is 9.98. The highest BCUT2D eigenvalue weighted by molar-refractivity contribution is 6.09. The van der Waals surface area contributed by atoms with Crippen LogP contribution in [0.15, 0.2) is 24.3 Å². The first kappa shape index (κ1) is 18.8. The van der Waals surface area contributed by atoms with Crippen LogP contribution < -0.4 is 10.6 Å². The molecule has 0 unspecified atom stereocenters. The number of esters is 1. The Balaban J connectivity index is 1.55. The lowest BCUT2D eigenvalue weighted by Crippen LogP contribution is -2.44. The fraction of sp³-hybridized carbons (Fsp3) is 0.444. The van der Waals surface area contributed by atoms with Crippen molar-refractivity contribution in [3.63, 3.8) is 0 Å². The first-order chi connectivity index (χ1) is 12.8. The van der Waals surface area contributed by atoms with Crippen LogP contribution in [0.2, 0.25) is 0 Å². The van der Waals surface area contributed by atoms with Gasteiger partial charge in [-0.3, -0.25) is 19.3 Å². The van der Waals surface area contributed by atoms with Crippen molar-refractivity contribution in [2.75, 3.05) is 11.9 Å². The minimum atomic E-state index is -1.18. The van der Waals surface area contributed by atoms with Crippen LogP contribution in [0.4, 0.5) is 14.9 Å². The van der Waals surface area contributed by atoms with E-state index in [9.17, 15) is 23.6 Å². The minimum absolute atomic E-state index is 0.222. The summed E-state index contributed by atoms with van der Waals surface area (Å²) in [5.74, 6) is -2.48. The Labute approximate surface area is 155 Å². The van der Waals surface area contributed by atoms with Gasteiger partial charge in [-0.1, -0.05) is 18.9 Å². The molecule has 2 N–H and O–H groups in total. The van der Waals surface area contributed by atoms with E-state index < -0.39 is 47.8 Å². The number of hydrogen-bond acceptors (Lipinski definition) is 5. The van der Waals surface area contributed by atoms with E-state index in [1.807, 2.05) is 0 Å². The number of ether oxygens (including phenoxy) is 1. The molecular weight excluding hydrogens is 357 g/mol. The van der Waals surface area contributed by atoms with Crippen molar-refractivity contribution >= 4 is 29.5 Å². The Bertz CT molecular complexity index is 791. The van der Waals surface area contributed by atoms with Crippen molar-refractivity contribution in [2.24, 2.45) is 0 Å². The van der Waals surface area contributed by atoms with Crippen molar-refractivity contribution in [3.8, 4) is 0 Å². The van der Waals surface area contributed by atoms with Crippen LogP contribution in [0.25, 0.3) is 0 Å². The van der Waals surface area contributed by atoms with E-state index in [1.54, 1.807) is 0 Å². The zero-order valence-corrected chi connectivity index (χ0v) is 14.8. The van der Waals surface area contributed by atoms with Gasteiger partial charge in [0.25, 0.3) is 11.8 Å². The maximum absolute atomic E-state index is 13.1. The SMILES string of the molecule is C[C@H](OC(=O)CN1C(=O)NC2(CCCC2)C1=O)C(=O)Nc1cccc(F)c1. The van der Waals surface area contributed by atoms with E-state index in [2.05, 4.69) is 10.6 Å². The number of halogens is 1. The highest BCUT2D eigenvalue weighted by atomic mass is 19.1. The van der Waals surface area contributed by atoms with Crippen LogP contribution in [-0.2, 0) is 19.1 Å². The van der Waals surface area contributed by atoms with Crippen LogP contribution >= 0.6 is 0 Å². The van der Waals surface area contributed by atoms with E-state index >= 15 is 0 Å². The number of carbonyl (C=O) groups is 4. The zero-order chi connectivity index (χ0) is 19.6. The average Bonchev–Trinajstić information content (AvgIpc) is 3.16. The van der Waals surface area contributed by atoms with Crippen molar-refractivity contribution in [1.82, 2.24) is 10.2 Å². The van der Waals surface area contributed by atoms with Gasteiger partial charge in [-0.05, 0) is 38.0 Å². The molecule has 3 rings (SSSR count). The summed E-state index contributed by atoms with van der Waals surface area (Å²) < 4.78 is 18.1. The Morgan fingerprint density at radius 2 is 2.04 bits per heavy atom. The van der Waals surface area contributed by atoms with Crippen LogP contribution in [-0.4, -0.2) is 46.9 Å². The third kappa shape index (κ3) is 3.91. The number of benzene rings is 1. The number of rotatable bonds is 5. The molecule has 1 aromatic carbocycles. The maximum Gasteiger partial charge on any atom is 0.327 e. The molecule has 1 aliphatic carbocycles. The summed E-state index contributed by atoms with van der Waals surface area (Å²) in [7, 11) is 0. The largest absolute Gasteiger partial charge is 0.451 e. The van der Waals surface area contributed by atoms with Crippen molar-refractivity contribution < 1.29 is 28.3 Å². The molecule has 1 saturated carbocycles. The number of urea groups is 1. The highest BCUT2D eigenvalue weighted by Gasteiger charge is 2.52. The summed E-state index contributed by atoms with van der Waals surface area (Å²) in [5, 5.41) is 5.09. The maximum atomic E-state index is 13.1. The molecule has 9 heteroatoms. The third-order valence-electron chi connectivity index (χ3n) is 4.76. The third-order valence-corrected chi connectivity index (χ3v) is 4.76. The molecule has 1 spiro atoms. The van der Waals surface area contributed by atoms with E-state index in [-0.39, 0.29) is 5.69 Å². The predicted octanol–water partition coefficient (Wildman–Crippen LogP) is 1.56. The van der Waals surface area contributed by atoms with Gasteiger partial charge in [-0.2, -0.15) is 0 Å². The summed E-state index contributed by atoms with van der Waals surface area (Å²) in [6.07, 6.45) is 1.59. The molecule has 4 amide bonds. The van der Waals surface area contributed by atoms with Gasteiger partial charge in [0.15, 0.2) is 6.10 Å². The van der Waals surface area contributed by atoms with Gasteiger partial charge in [0.1, 0.15) is 17.9 Å². The van der Waals surface area contributed by atoms with E-state index in [0.29, 0.717) is 12.8 Å². The van der Waals surface area contributed by atoms with Crippen molar-refractivity contribution in [3.05, 3.63) is 30.1 Å². The highest BCUT2D eigenvalue weighted by Crippen LogP contribution is 2.34. The lowest BCUT2D eigenvalue weighted by Gasteiger charge is -2.20. The summed E-state index contributed by atoms with van der Waals surface area (Å²) in [5.41, 5.74) is -0.683. The summed E-state index contributed by atoms with van der Waals surface area (Å²) in [6, 6.07) is 4.65. The molecule has 1 aliphatic heterocycles. The molecule has 2 fully saturated rings. The summed E-state index contributed by atoms with van der Waals surface area (Å²) in [4.78, 5) is 49.5. The van der Waals surface area contributed by atoms with Crippen LogP contribution in [0.5, 0.6) is 0 Å². The second kappa shape index (κ2) is 7.34. The zero-order valence-electron chi connectivity index (χ0n) is 14.8. The molecule has 0 aromatic heterocycles. The monoisotopic (exact) mass is 377 g/mol. The van der Waals surface area contributed by atoms with Crippen molar-refractivity contribution in [1.29, 1.82) is 0 Å². The topological polar surface area (TPSA) is 105 Å². The van der Waals surface area contributed by atoms with Gasteiger partial charge in [-0.25, -0.2) is 9.18 Å². The van der Waals surface area contributed by atoms with Gasteiger partial charge in [-0.15, -0.1) is 0 Å². The van der Waals surface area contributed by atoms with Gasteiger partial charge in [0.2, 0.25) is 0 Å². The van der Waals surface area contributed by atoms with E-state index in [1.165, 1.54) is 25.1 Å². The van der Waals surface area contributed by atoms with Crippen LogP contribution in [0.1, 0.15) is 32.6 Å². The predicted molar refractivity (Wildman–Crippen MR) is 92.0 cm³/mol. The standard InChI is InChI=1S/C18H20FN3O5/c1-11(15(24)20-13-6-4-5-12(19)9-13)27-14(23)10-22-16(25)18(21-17(22)26)7-2-3-8-18/h4-6,9,11H,2-3,7-8,10H2,1H3,(H,20,24)(H,21,26)/t11-/m0/s1. The van der Waals surface area contributed by atoms with Gasteiger partial charge in [0.05, 0.1) is 0 Å². The summed E-state index contributed by atoms with van der Waals surface area (Å²) in [6.45, 7) is 0.779. The van der Waals surface area contributed by atoms with Gasteiger partial charge >= 0.3 is 12.0 Å². The number of nitrogens with zero attached hydrogens (tertiary/aromatic N) is 1. The first-order valence-corrected chi connectivity index (χ1v) is 8.71. The number of hydrogen-bond donors (Lipinski definition) is 2. The Morgan fingerprint density at radius 3 is 2.70 bits per heavy atom. The molecule has 1 aromatic rings. The minimum Gasteiger partial charge on any atom is -0.451 e. The Kier molecular flexibility index (Phi) is 5.11. The van der Waals surface area contributed by atoms with E-state index in [0.717, 1.165) is 23.8 Å². The second-order valence-electron chi connectivity index (χ2n) is 6.74. The number of carbonyl (C=O) groups excluding carboxylic acids is 4. The van der Waals surface area contributed by atoms with Gasteiger partial charge < -0.3 is 15.4 Å². The average molecular weight is 377 g/mol. The summed E-state index contributed by atoms with van der Waals surface area (Å²) >= 11 is 0. The molecule has 27 heavy (non-hydrogen) atoms. The Hall–Kier alpha value is -2.97. The second-order valence-corrected chi connectivity index (χ2v) is 6.74. The number of amides is 4. The lowest BCUT2D eigenvalue weighted by molar-refractivity contribution is -0.155. The van der Waals surface area contributed by atoms with Gasteiger partial charge in [0, 0.05) is 5.69 Å². The first-order valence-electron chi connectivity index (χ1n) is 8.71. The molecule has 0 radical (unpaired) electrons. The van der Waals surface area contributed by atoms with Crippen LogP contribution in [0, 0.1) is 5.82 Å². The van der Waals surface area contributed by atoms with E-state index in [4.69, 9.17) is 4.74 Å². The number of imide groups is 1. The molecule has 8 nitrogen and oxygen atoms in total. The molecule has 1 atom stereocenters. The number of nitrogens with one attached hydrogen (secondary N) is 2. The Morgan fingerprint density at radius 1 is 1.33 bits per heavy atom. The molecule has 144 valence electrons. The molecule has 1 heterocycles. The molecular formula is C18H20FN3O5. The fourth-order valence-electron chi connectivity index (χ4n) is 3.36. The van der Waals surface area contributed by atoms with Crippen LogP contribution in [0.3, 0.4) is 0 Å². The smallest absolute Gasteiger partial charge is 0.327 e. The fourth-order valence-corrected chi connectivity index (χ4v) is 3.36. The quantitative estimate of drug-likeness (QED) is 0.599. The number of anilines is 1. The molecule has 0 bridgehead atoms. The normalized spacial score (nSPS) is 19.1. The molecule has 2 aliphatic rings. The molecule has 1 saturated heterocycles.